The van der Waals surface area contributed by atoms with E-state index in [0.717, 1.165) is 27.1 Å². The topological polar surface area (TPSA) is 15.3 Å². The van der Waals surface area contributed by atoms with E-state index >= 15 is 0 Å². The first-order chi connectivity index (χ1) is 7.88. The molecule has 1 aromatic carbocycles. The largest absolute Gasteiger partial charge is 0.385 e. The Morgan fingerprint density at radius 3 is 3.06 bits per heavy atom. The van der Waals surface area contributed by atoms with Crippen molar-refractivity contribution in [2.45, 2.75) is 12.3 Å². The molecule has 0 aromatic heterocycles. The van der Waals surface area contributed by atoms with Crippen LogP contribution in [-0.2, 0) is 0 Å². The molecule has 1 saturated heterocycles. The second kappa shape index (κ2) is 4.35. The normalized spacial score (nSPS) is 29.8. The molecule has 3 rings (SSSR count). The number of benzene rings is 1. The fraction of sp³-hybridized carbons (Fsp3) is 0.538. The van der Waals surface area contributed by atoms with Gasteiger partial charge in [-0.15, -0.1) is 0 Å². The SMILES string of the molecule is CPN1CC2CCNc3ccccc3C2C1. The highest BCUT2D eigenvalue weighted by molar-refractivity contribution is 7.34. The van der Waals surface area contributed by atoms with E-state index in [9.17, 15) is 0 Å². The summed E-state index contributed by atoms with van der Waals surface area (Å²) < 4.78 is 2.62. The van der Waals surface area contributed by atoms with Crippen LogP contribution in [0.25, 0.3) is 0 Å². The summed E-state index contributed by atoms with van der Waals surface area (Å²) in [6, 6.07) is 8.86. The van der Waals surface area contributed by atoms with E-state index in [1.54, 1.807) is 5.56 Å². The van der Waals surface area contributed by atoms with Gasteiger partial charge < -0.3 is 5.32 Å². The summed E-state index contributed by atoms with van der Waals surface area (Å²) >= 11 is 0. The second-order valence-electron chi connectivity index (χ2n) is 4.80. The summed E-state index contributed by atoms with van der Waals surface area (Å²) in [4.78, 5) is 0. The van der Waals surface area contributed by atoms with E-state index in [1.807, 2.05) is 0 Å². The number of para-hydroxylation sites is 1. The van der Waals surface area contributed by atoms with E-state index in [1.165, 1.54) is 25.2 Å². The molecule has 3 heteroatoms. The maximum Gasteiger partial charge on any atom is 0.0376 e. The average Bonchev–Trinajstić information content (AvgIpc) is 2.66. The molecule has 0 spiro atoms. The van der Waals surface area contributed by atoms with Gasteiger partial charge in [0.15, 0.2) is 0 Å². The molecule has 1 fully saturated rings. The maximum absolute atomic E-state index is 3.57. The zero-order chi connectivity index (χ0) is 11.0. The molecule has 2 aliphatic heterocycles. The molecule has 0 radical (unpaired) electrons. The van der Waals surface area contributed by atoms with E-state index in [0.29, 0.717) is 0 Å². The summed E-state index contributed by atoms with van der Waals surface area (Å²) in [5.41, 5.74) is 2.92. The summed E-state index contributed by atoms with van der Waals surface area (Å²) in [6.07, 6.45) is 1.32. The molecule has 16 heavy (non-hydrogen) atoms. The molecule has 0 aliphatic carbocycles. The number of rotatable bonds is 1. The van der Waals surface area contributed by atoms with E-state index in [4.69, 9.17) is 0 Å². The quantitative estimate of drug-likeness (QED) is 0.752. The first-order valence-corrected chi connectivity index (χ1v) is 7.58. The maximum atomic E-state index is 3.57. The second-order valence-corrected chi connectivity index (χ2v) is 5.88. The summed E-state index contributed by atoms with van der Waals surface area (Å²) in [7, 11) is 0.965. The van der Waals surface area contributed by atoms with E-state index < -0.39 is 0 Å². The van der Waals surface area contributed by atoms with Crippen LogP contribution in [0.3, 0.4) is 0 Å². The van der Waals surface area contributed by atoms with Crippen LogP contribution in [0, 0.1) is 5.92 Å². The molecule has 86 valence electrons. The van der Waals surface area contributed by atoms with Crippen LogP contribution < -0.4 is 5.32 Å². The van der Waals surface area contributed by atoms with Gasteiger partial charge in [0.25, 0.3) is 0 Å². The molecule has 1 aromatic rings. The van der Waals surface area contributed by atoms with Gasteiger partial charge in [0.05, 0.1) is 0 Å². The van der Waals surface area contributed by atoms with Crippen molar-refractivity contribution in [2.24, 2.45) is 5.92 Å². The van der Waals surface area contributed by atoms with Gasteiger partial charge in [-0.05, 0) is 30.6 Å². The van der Waals surface area contributed by atoms with Crippen LogP contribution in [0.4, 0.5) is 5.69 Å². The first-order valence-electron chi connectivity index (χ1n) is 6.13. The van der Waals surface area contributed by atoms with Crippen molar-refractivity contribution in [3.8, 4) is 0 Å². The lowest BCUT2D eigenvalue weighted by atomic mass is 9.87. The molecule has 1 N–H and O–H groups in total. The molecule has 2 heterocycles. The Bertz CT molecular complexity index is 380. The molecular weight excluding hydrogens is 215 g/mol. The third kappa shape index (κ3) is 1.74. The van der Waals surface area contributed by atoms with Crippen molar-refractivity contribution in [1.82, 2.24) is 4.67 Å². The minimum Gasteiger partial charge on any atom is -0.385 e. The minimum absolute atomic E-state index is 0.763. The third-order valence-corrected chi connectivity index (χ3v) is 4.95. The molecular formula is C13H19N2P. The van der Waals surface area contributed by atoms with Gasteiger partial charge in [-0.3, -0.25) is 4.67 Å². The first kappa shape index (κ1) is 10.6. The van der Waals surface area contributed by atoms with Crippen molar-refractivity contribution < 1.29 is 0 Å². The Hall–Kier alpha value is -0.590. The molecule has 0 saturated carbocycles. The average molecular weight is 234 g/mol. The highest BCUT2D eigenvalue weighted by atomic mass is 31.1. The van der Waals surface area contributed by atoms with Crippen LogP contribution in [0.5, 0.6) is 0 Å². The number of hydrogen-bond donors (Lipinski definition) is 1. The Morgan fingerprint density at radius 1 is 1.31 bits per heavy atom. The number of anilines is 1. The molecule has 0 amide bonds. The lowest BCUT2D eigenvalue weighted by molar-refractivity contribution is 0.484. The van der Waals surface area contributed by atoms with Gasteiger partial charge in [-0.1, -0.05) is 26.9 Å². The van der Waals surface area contributed by atoms with Gasteiger partial charge >= 0.3 is 0 Å². The van der Waals surface area contributed by atoms with Crippen LogP contribution in [0.15, 0.2) is 24.3 Å². The number of nitrogens with one attached hydrogen (secondary N) is 1. The predicted octanol–water partition coefficient (Wildman–Crippen LogP) is 2.74. The number of fused-ring (bicyclic) bond motifs is 3. The minimum atomic E-state index is 0.763. The van der Waals surface area contributed by atoms with Crippen molar-refractivity contribution in [2.75, 3.05) is 31.6 Å². The molecule has 2 nitrogen and oxygen atoms in total. The fourth-order valence-electron chi connectivity index (χ4n) is 3.07. The van der Waals surface area contributed by atoms with Crippen molar-refractivity contribution >= 4 is 14.4 Å². The number of hydrogen-bond acceptors (Lipinski definition) is 2. The monoisotopic (exact) mass is 234 g/mol. The highest BCUT2D eigenvalue weighted by Crippen LogP contribution is 2.42. The standard InChI is InChI=1S/C13H19N2P/c1-16-15-8-10-6-7-14-13-5-3-2-4-11(13)12(10)9-15/h2-5,10,12,14,16H,6-9H2,1H3. The van der Waals surface area contributed by atoms with Gasteiger partial charge in [0, 0.05) is 31.2 Å². The zero-order valence-corrected chi connectivity index (χ0v) is 10.7. The van der Waals surface area contributed by atoms with Gasteiger partial charge in [-0.25, -0.2) is 0 Å². The van der Waals surface area contributed by atoms with Crippen LogP contribution in [0.2, 0.25) is 0 Å². The van der Waals surface area contributed by atoms with Crippen LogP contribution in [-0.4, -0.2) is 31.0 Å². The molecule has 2 aliphatic rings. The Kier molecular flexibility index (Phi) is 2.87. The van der Waals surface area contributed by atoms with Crippen LogP contribution in [0.1, 0.15) is 17.9 Å². The van der Waals surface area contributed by atoms with E-state index in [-0.39, 0.29) is 0 Å². The molecule has 3 atom stereocenters. The van der Waals surface area contributed by atoms with Gasteiger partial charge in [-0.2, -0.15) is 0 Å². The predicted molar refractivity (Wildman–Crippen MR) is 71.6 cm³/mol. The summed E-state index contributed by atoms with van der Waals surface area (Å²) in [5.74, 6) is 1.63. The van der Waals surface area contributed by atoms with Gasteiger partial charge in [0.1, 0.15) is 0 Å². The van der Waals surface area contributed by atoms with Crippen LogP contribution >= 0.6 is 8.73 Å². The Morgan fingerprint density at radius 2 is 2.19 bits per heavy atom. The smallest absolute Gasteiger partial charge is 0.0376 e. The summed E-state index contributed by atoms with van der Waals surface area (Å²) in [6.45, 7) is 6.00. The van der Waals surface area contributed by atoms with E-state index in [2.05, 4.69) is 40.9 Å². The fourth-order valence-corrected chi connectivity index (χ4v) is 3.87. The summed E-state index contributed by atoms with van der Waals surface area (Å²) in [5, 5.41) is 3.57. The Balaban J connectivity index is 1.95. The highest BCUT2D eigenvalue weighted by Gasteiger charge is 2.35. The lowest BCUT2D eigenvalue weighted by Crippen LogP contribution is -2.12. The number of nitrogens with zero attached hydrogens (tertiary/aromatic N) is 1. The Labute approximate surface area is 99.3 Å². The van der Waals surface area contributed by atoms with Crippen molar-refractivity contribution in [3.63, 3.8) is 0 Å². The molecule has 3 unspecified atom stereocenters. The third-order valence-electron chi connectivity index (χ3n) is 3.95. The zero-order valence-electron chi connectivity index (χ0n) is 9.74. The lowest BCUT2D eigenvalue weighted by Gasteiger charge is -2.16. The van der Waals surface area contributed by atoms with Gasteiger partial charge in [0.2, 0.25) is 0 Å². The molecule has 0 bridgehead atoms. The van der Waals surface area contributed by atoms with Crippen molar-refractivity contribution in [1.29, 1.82) is 0 Å². The van der Waals surface area contributed by atoms with Crippen molar-refractivity contribution in [3.05, 3.63) is 29.8 Å².